The van der Waals surface area contributed by atoms with Crippen molar-refractivity contribution in [3.8, 4) is 0 Å². The molecule has 0 aliphatic heterocycles. The minimum atomic E-state index is -0.347. The highest BCUT2D eigenvalue weighted by Crippen LogP contribution is 1.98. The summed E-state index contributed by atoms with van der Waals surface area (Å²) in [7, 11) is 1.33. The third-order valence-corrected chi connectivity index (χ3v) is 0.534. The van der Waals surface area contributed by atoms with Crippen molar-refractivity contribution in [1.82, 2.24) is 0 Å². The molecular formula is C7H10Cl2O2. The van der Waals surface area contributed by atoms with Gasteiger partial charge in [-0.05, 0) is 6.92 Å². The summed E-state index contributed by atoms with van der Waals surface area (Å²) >= 11 is 9.69. The summed E-state index contributed by atoms with van der Waals surface area (Å²) in [6.07, 6.45) is 0. The molecule has 0 aliphatic rings. The number of hydrogen-bond donors (Lipinski definition) is 0. The van der Waals surface area contributed by atoms with Gasteiger partial charge in [-0.15, -0.1) is 0 Å². The Labute approximate surface area is 76.4 Å². The van der Waals surface area contributed by atoms with Crippen molar-refractivity contribution in [2.75, 3.05) is 7.11 Å². The molecule has 2 nitrogen and oxygen atoms in total. The minimum Gasteiger partial charge on any atom is -0.466 e. The van der Waals surface area contributed by atoms with Crippen molar-refractivity contribution in [2.45, 2.75) is 6.92 Å². The lowest BCUT2D eigenvalue weighted by Gasteiger charge is -1.91. The summed E-state index contributed by atoms with van der Waals surface area (Å²) in [5.74, 6) is -0.347. The second-order valence-corrected chi connectivity index (χ2v) is 2.72. The first-order valence-corrected chi connectivity index (χ1v) is 3.41. The number of carbonyl (C=O) groups is 1. The van der Waals surface area contributed by atoms with Crippen molar-refractivity contribution >= 4 is 29.2 Å². The molecule has 0 unspecified atom stereocenters. The monoisotopic (exact) mass is 196 g/mol. The molecule has 0 radical (unpaired) electrons. The van der Waals surface area contributed by atoms with Crippen molar-refractivity contribution in [2.24, 2.45) is 0 Å². The highest BCUT2D eigenvalue weighted by molar-refractivity contribution is 6.55. The molecule has 0 amide bonds. The fourth-order valence-corrected chi connectivity index (χ4v) is 0.174. The topological polar surface area (TPSA) is 26.3 Å². The van der Waals surface area contributed by atoms with E-state index in [0.29, 0.717) is 5.57 Å². The third-order valence-electron chi connectivity index (χ3n) is 0.534. The third kappa shape index (κ3) is 17.7. The summed E-state index contributed by atoms with van der Waals surface area (Å²) in [6, 6.07) is 0. The predicted molar refractivity (Wildman–Crippen MR) is 47.7 cm³/mol. The smallest absolute Gasteiger partial charge is 0.332 e. The summed E-state index contributed by atoms with van der Waals surface area (Å²) in [5.41, 5.74) is 0.433. The SMILES string of the molecule is C=C(C)C(=O)OC.C=C(Cl)Cl. The Morgan fingerprint density at radius 3 is 1.64 bits per heavy atom. The van der Waals surface area contributed by atoms with Crippen molar-refractivity contribution in [1.29, 1.82) is 0 Å². The molecule has 4 heteroatoms. The molecule has 0 aromatic heterocycles. The predicted octanol–water partition coefficient (Wildman–Crippen LogP) is 2.67. The lowest BCUT2D eigenvalue weighted by molar-refractivity contribution is -0.136. The van der Waals surface area contributed by atoms with E-state index in [1.165, 1.54) is 7.11 Å². The molecule has 0 bridgehead atoms. The number of carbonyl (C=O) groups excluding carboxylic acids is 1. The van der Waals surface area contributed by atoms with Crippen LogP contribution in [0.25, 0.3) is 0 Å². The number of hydrogen-bond acceptors (Lipinski definition) is 2. The highest BCUT2D eigenvalue weighted by Gasteiger charge is 1.95. The van der Waals surface area contributed by atoms with Crippen molar-refractivity contribution in [3.63, 3.8) is 0 Å². The largest absolute Gasteiger partial charge is 0.466 e. The van der Waals surface area contributed by atoms with E-state index in [4.69, 9.17) is 23.2 Å². The maximum Gasteiger partial charge on any atom is 0.332 e. The van der Waals surface area contributed by atoms with E-state index >= 15 is 0 Å². The van der Waals surface area contributed by atoms with Gasteiger partial charge in [-0.2, -0.15) is 0 Å². The molecule has 0 aromatic carbocycles. The van der Waals surface area contributed by atoms with Crippen LogP contribution < -0.4 is 0 Å². The van der Waals surface area contributed by atoms with E-state index in [0.717, 1.165) is 0 Å². The van der Waals surface area contributed by atoms with Gasteiger partial charge in [0.2, 0.25) is 0 Å². The van der Waals surface area contributed by atoms with Gasteiger partial charge in [0.15, 0.2) is 0 Å². The molecule has 0 fully saturated rings. The van der Waals surface area contributed by atoms with E-state index in [-0.39, 0.29) is 10.5 Å². The van der Waals surface area contributed by atoms with Crippen LogP contribution in [0.1, 0.15) is 6.92 Å². The molecular weight excluding hydrogens is 187 g/mol. The van der Waals surface area contributed by atoms with Gasteiger partial charge in [0.1, 0.15) is 0 Å². The first kappa shape index (κ1) is 13.1. The zero-order valence-corrected chi connectivity index (χ0v) is 8.00. The van der Waals surface area contributed by atoms with Gasteiger partial charge in [0.05, 0.1) is 11.6 Å². The average Bonchev–Trinajstić information content (AvgIpc) is 1.85. The first-order valence-electron chi connectivity index (χ1n) is 2.65. The maximum absolute atomic E-state index is 10.2. The van der Waals surface area contributed by atoms with Gasteiger partial charge < -0.3 is 4.74 Å². The Morgan fingerprint density at radius 2 is 1.64 bits per heavy atom. The Morgan fingerprint density at radius 1 is 1.36 bits per heavy atom. The van der Waals surface area contributed by atoms with Crippen LogP contribution in [0.5, 0.6) is 0 Å². The normalized spacial score (nSPS) is 7.27. The molecule has 0 atom stereocenters. The Balaban J connectivity index is 0. The second kappa shape index (κ2) is 7.63. The molecule has 0 aliphatic carbocycles. The molecule has 11 heavy (non-hydrogen) atoms. The average molecular weight is 197 g/mol. The van der Waals surface area contributed by atoms with Crippen LogP contribution in [0.15, 0.2) is 23.2 Å². The molecule has 64 valence electrons. The van der Waals surface area contributed by atoms with Crippen LogP contribution in [0, 0.1) is 0 Å². The zero-order valence-electron chi connectivity index (χ0n) is 6.49. The highest BCUT2D eigenvalue weighted by atomic mass is 35.5. The van der Waals surface area contributed by atoms with Gasteiger partial charge in [-0.1, -0.05) is 36.4 Å². The molecule has 0 rings (SSSR count). The van der Waals surface area contributed by atoms with E-state index in [1.54, 1.807) is 6.92 Å². The lowest BCUT2D eigenvalue weighted by Crippen LogP contribution is -1.98. The Bertz CT molecular complexity index is 160. The lowest BCUT2D eigenvalue weighted by atomic mass is 10.4. The fraction of sp³-hybridized carbons (Fsp3) is 0.286. The van der Waals surface area contributed by atoms with E-state index in [1.807, 2.05) is 0 Å². The quantitative estimate of drug-likeness (QED) is 0.477. The van der Waals surface area contributed by atoms with E-state index in [9.17, 15) is 4.79 Å². The molecule has 0 heterocycles. The van der Waals surface area contributed by atoms with Crippen LogP contribution in [-0.4, -0.2) is 13.1 Å². The van der Waals surface area contributed by atoms with Crippen LogP contribution in [0.3, 0.4) is 0 Å². The van der Waals surface area contributed by atoms with Crippen molar-refractivity contribution < 1.29 is 9.53 Å². The molecule has 0 spiro atoms. The summed E-state index contributed by atoms with van der Waals surface area (Å²) in [5, 5.41) is 0. The van der Waals surface area contributed by atoms with E-state index < -0.39 is 0 Å². The first-order chi connectivity index (χ1) is 4.91. The Hall–Kier alpha value is -0.470. The number of esters is 1. The van der Waals surface area contributed by atoms with Crippen LogP contribution in [0.4, 0.5) is 0 Å². The standard InChI is InChI=1S/C5H8O2.C2H2Cl2/c1-4(2)5(6)7-3;1-2(3)4/h1H2,2-3H3;1H2. The summed E-state index contributed by atoms with van der Waals surface area (Å²) in [4.78, 5) is 10.2. The Kier molecular flexibility index (Phi) is 9.12. The second-order valence-electron chi connectivity index (χ2n) is 1.61. The minimum absolute atomic E-state index is 0.111. The molecule has 0 N–H and O–H groups in total. The van der Waals surface area contributed by atoms with Gasteiger partial charge in [0.25, 0.3) is 0 Å². The fourth-order valence-electron chi connectivity index (χ4n) is 0.174. The number of halogens is 2. The number of rotatable bonds is 1. The molecule has 0 saturated carbocycles. The maximum atomic E-state index is 10.2. The van der Waals surface area contributed by atoms with Crippen LogP contribution in [-0.2, 0) is 9.53 Å². The van der Waals surface area contributed by atoms with Gasteiger partial charge in [0, 0.05) is 5.57 Å². The van der Waals surface area contributed by atoms with Gasteiger partial charge in [-0.25, -0.2) is 4.79 Å². The van der Waals surface area contributed by atoms with Crippen molar-refractivity contribution in [3.05, 3.63) is 23.2 Å². The number of ether oxygens (including phenoxy) is 1. The van der Waals surface area contributed by atoms with Gasteiger partial charge >= 0.3 is 5.97 Å². The molecule has 0 saturated heterocycles. The summed E-state index contributed by atoms with van der Waals surface area (Å²) < 4.78 is 4.38. The molecule has 0 aromatic rings. The van der Waals surface area contributed by atoms with E-state index in [2.05, 4.69) is 17.9 Å². The van der Waals surface area contributed by atoms with Crippen LogP contribution in [0.2, 0.25) is 0 Å². The van der Waals surface area contributed by atoms with Crippen LogP contribution >= 0.6 is 23.2 Å². The number of methoxy groups -OCH3 is 1. The summed E-state index contributed by atoms with van der Waals surface area (Å²) in [6.45, 7) is 8.04. The van der Waals surface area contributed by atoms with Gasteiger partial charge in [-0.3, -0.25) is 0 Å². The zero-order chi connectivity index (χ0) is 9.44.